The summed E-state index contributed by atoms with van der Waals surface area (Å²) in [6.45, 7) is 4.77. The van der Waals surface area contributed by atoms with Gasteiger partial charge in [-0.3, -0.25) is 0 Å². The standard InChI is InChI=1S/C19H20ClNO/c1-14-8-9-19(11-15(14)2)22-10-4-6-17(13-21)16-5-3-7-18(20)12-16/h3,5,7-9,11-12,17H,4,6,10H2,1-2H3. The molecule has 2 aromatic rings. The lowest BCUT2D eigenvalue weighted by Gasteiger charge is -2.11. The van der Waals surface area contributed by atoms with Crippen molar-refractivity contribution in [2.24, 2.45) is 0 Å². The molecule has 0 fully saturated rings. The lowest BCUT2D eigenvalue weighted by atomic mass is 9.96. The van der Waals surface area contributed by atoms with E-state index in [0.29, 0.717) is 11.6 Å². The molecule has 0 saturated carbocycles. The highest BCUT2D eigenvalue weighted by Crippen LogP contribution is 2.24. The van der Waals surface area contributed by atoms with Crippen molar-refractivity contribution in [3.05, 3.63) is 64.2 Å². The molecule has 0 N–H and O–H groups in total. The second-order valence-electron chi connectivity index (χ2n) is 5.47. The molecule has 0 aliphatic rings. The predicted molar refractivity (Wildman–Crippen MR) is 90.5 cm³/mol. The first-order valence-electron chi connectivity index (χ1n) is 7.45. The summed E-state index contributed by atoms with van der Waals surface area (Å²) in [6, 6.07) is 16.0. The molecule has 0 heterocycles. The SMILES string of the molecule is Cc1ccc(OCCCC(C#N)c2cccc(Cl)c2)cc1C. The Balaban J connectivity index is 1.84. The Morgan fingerprint density at radius 3 is 2.64 bits per heavy atom. The molecule has 1 atom stereocenters. The molecule has 2 aromatic carbocycles. The van der Waals surface area contributed by atoms with Gasteiger partial charge in [-0.25, -0.2) is 0 Å². The van der Waals surface area contributed by atoms with Gasteiger partial charge in [-0.2, -0.15) is 5.26 Å². The molecule has 0 saturated heterocycles. The van der Waals surface area contributed by atoms with Gasteiger partial charge in [0.2, 0.25) is 0 Å². The molecule has 0 bridgehead atoms. The van der Waals surface area contributed by atoms with E-state index in [4.69, 9.17) is 16.3 Å². The van der Waals surface area contributed by atoms with Gasteiger partial charge in [0.25, 0.3) is 0 Å². The van der Waals surface area contributed by atoms with Crippen molar-refractivity contribution >= 4 is 11.6 Å². The van der Waals surface area contributed by atoms with Crippen molar-refractivity contribution in [3.63, 3.8) is 0 Å². The minimum atomic E-state index is -0.137. The molecule has 0 radical (unpaired) electrons. The van der Waals surface area contributed by atoms with Crippen LogP contribution in [0.25, 0.3) is 0 Å². The van der Waals surface area contributed by atoms with E-state index >= 15 is 0 Å². The molecule has 114 valence electrons. The first kappa shape index (κ1) is 16.4. The van der Waals surface area contributed by atoms with E-state index in [1.807, 2.05) is 36.4 Å². The van der Waals surface area contributed by atoms with Crippen LogP contribution in [0.5, 0.6) is 5.75 Å². The van der Waals surface area contributed by atoms with E-state index < -0.39 is 0 Å². The summed E-state index contributed by atoms with van der Waals surface area (Å²) < 4.78 is 5.76. The van der Waals surface area contributed by atoms with Gasteiger partial charge in [0, 0.05) is 5.02 Å². The third kappa shape index (κ3) is 4.51. The van der Waals surface area contributed by atoms with Gasteiger partial charge in [-0.05, 0) is 67.6 Å². The largest absolute Gasteiger partial charge is 0.494 e. The zero-order valence-electron chi connectivity index (χ0n) is 13.0. The first-order valence-corrected chi connectivity index (χ1v) is 7.83. The normalized spacial score (nSPS) is 11.7. The van der Waals surface area contributed by atoms with Gasteiger partial charge in [0.05, 0.1) is 18.6 Å². The smallest absolute Gasteiger partial charge is 0.119 e. The van der Waals surface area contributed by atoms with Gasteiger partial charge in [-0.15, -0.1) is 0 Å². The Kier molecular flexibility index (Phi) is 5.86. The van der Waals surface area contributed by atoms with E-state index in [-0.39, 0.29) is 5.92 Å². The number of benzene rings is 2. The summed E-state index contributed by atoms with van der Waals surface area (Å²) in [7, 11) is 0. The summed E-state index contributed by atoms with van der Waals surface area (Å²) >= 11 is 5.98. The van der Waals surface area contributed by atoms with Crippen LogP contribution in [0, 0.1) is 25.2 Å². The van der Waals surface area contributed by atoms with Crippen molar-refractivity contribution < 1.29 is 4.74 Å². The summed E-state index contributed by atoms with van der Waals surface area (Å²) in [5, 5.41) is 9.99. The molecule has 0 spiro atoms. The zero-order chi connectivity index (χ0) is 15.9. The summed E-state index contributed by atoms with van der Waals surface area (Å²) in [5.41, 5.74) is 3.46. The Bertz CT molecular complexity index is 675. The van der Waals surface area contributed by atoms with E-state index in [1.54, 1.807) is 0 Å². The van der Waals surface area contributed by atoms with Crippen LogP contribution in [-0.4, -0.2) is 6.61 Å². The third-order valence-electron chi connectivity index (χ3n) is 3.79. The predicted octanol–water partition coefficient (Wildman–Crippen LogP) is 5.42. The van der Waals surface area contributed by atoms with Crippen molar-refractivity contribution in [3.8, 4) is 11.8 Å². The van der Waals surface area contributed by atoms with Crippen LogP contribution >= 0.6 is 11.6 Å². The Hall–Kier alpha value is -1.98. The highest BCUT2D eigenvalue weighted by atomic mass is 35.5. The number of nitriles is 1. The van der Waals surface area contributed by atoms with E-state index in [0.717, 1.165) is 24.2 Å². The fraction of sp³-hybridized carbons (Fsp3) is 0.316. The fourth-order valence-corrected chi connectivity index (χ4v) is 2.51. The van der Waals surface area contributed by atoms with Crippen LogP contribution in [0.1, 0.15) is 35.4 Å². The average molecular weight is 314 g/mol. The van der Waals surface area contributed by atoms with Crippen LogP contribution in [0.4, 0.5) is 0 Å². The van der Waals surface area contributed by atoms with Crippen LogP contribution in [0.3, 0.4) is 0 Å². The molecular weight excluding hydrogens is 294 g/mol. The van der Waals surface area contributed by atoms with Crippen molar-refractivity contribution in [1.29, 1.82) is 5.26 Å². The lowest BCUT2D eigenvalue weighted by molar-refractivity contribution is 0.304. The van der Waals surface area contributed by atoms with E-state index in [2.05, 4.69) is 26.0 Å². The molecule has 2 nitrogen and oxygen atoms in total. The summed E-state index contributed by atoms with van der Waals surface area (Å²) in [4.78, 5) is 0. The number of nitrogens with zero attached hydrogens (tertiary/aromatic N) is 1. The van der Waals surface area contributed by atoms with Crippen LogP contribution in [-0.2, 0) is 0 Å². The van der Waals surface area contributed by atoms with Crippen LogP contribution < -0.4 is 4.74 Å². The zero-order valence-corrected chi connectivity index (χ0v) is 13.7. The van der Waals surface area contributed by atoms with Crippen molar-refractivity contribution in [2.45, 2.75) is 32.6 Å². The Morgan fingerprint density at radius 1 is 1.14 bits per heavy atom. The molecule has 3 heteroatoms. The topological polar surface area (TPSA) is 33.0 Å². The van der Waals surface area contributed by atoms with Gasteiger partial charge in [0.1, 0.15) is 5.75 Å². The number of aryl methyl sites for hydroxylation is 2. The molecular formula is C19H20ClNO. The first-order chi connectivity index (χ1) is 10.6. The van der Waals surface area contributed by atoms with Crippen molar-refractivity contribution in [1.82, 2.24) is 0 Å². The van der Waals surface area contributed by atoms with Gasteiger partial charge in [0.15, 0.2) is 0 Å². The van der Waals surface area contributed by atoms with Gasteiger partial charge >= 0.3 is 0 Å². The molecule has 0 aromatic heterocycles. The van der Waals surface area contributed by atoms with Crippen molar-refractivity contribution in [2.75, 3.05) is 6.61 Å². The Morgan fingerprint density at radius 2 is 1.95 bits per heavy atom. The van der Waals surface area contributed by atoms with Crippen LogP contribution in [0.15, 0.2) is 42.5 Å². The summed E-state index contributed by atoms with van der Waals surface area (Å²) in [6.07, 6.45) is 1.60. The van der Waals surface area contributed by atoms with Crippen LogP contribution in [0.2, 0.25) is 5.02 Å². The number of halogens is 1. The minimum absolute atomic E-state index is 0.137. The maximum absolute atomic E-state index is 9.32. The van der Waals surface area contributed by atoms with E-state index in [1.165, 1.54) is 11.1 Å². The molecule has 22 heavy (non-hydrogen) atoms. The Labute approximate surface area is 137 Å². The number of rotatable bonds is 6. The maximum atomic E-state index is 9.32. The highest BCUT2D eigenvalue weighted by Gasteiger charge is 2.10. The lowest BCUT2D eigenvalue weighted by Crippen LogP contribution is -2.02. The number of ether oxygens (including phenoxy) is 1. The highest BCUT2D eigenvalue weighted by molar-refractivity contribution is 6.30. The molecule has 1 unspecified atom stereocenters. The average Bonchev–Trinajstić information content (AvgIpc) is 2.51. The molecule has 2 rings (SSSR count). The third-order valence-corrected chi connectivity index (χ3v) is 4.03. The fourth-order valence-electron chi connectivity index (χ4n) is 2.31. The number of hydrogen-bond acceptors (Lipinski definition) is 2. The van der Waals surface area contributed by atoms with E-state index in [9.17, 15) is 5.26 Å². The second-order valence-corrected chi connectivity index (χ2v) is 5.91. The molecule has 0 amide bonds. The maximum Gasteiger partial charge on any atom is 0.119 e. The van der Waals surface area contributed by atoms with Gasteiger partial charge < -0.3 is 4.74 Å². The monoisotopic (exact) mass is 313 g/mol. The minimum Gasteiger partial charge on any atom is -0.494 e. The summed E-state index contributed by atoms with van der Waals surface area (Å²) in [5.74, 6) is 0.751. The number of hydrogen-bond donors (Lipinski definition) is 0. The quantitative estimate of drug-likeness (QED) is 0.667. The molecule has 0 aliphatic carbocycles. The van der Waals surface area contributed by atoms with Gasteiger partial charge in [-0.1, -0.05) is 29.8 Å². The second kappa shape index (κ2) is 7.87. The molecule has 0 aliphatic heterocycles.